The maximum absolute atomic E-state index is 14.2. The third kappa shape index (κ3) is 4.24. The zero-order valence-corrected chi connectivity index (χ0v) is 16.4. The quantitative estimate of drug-likeness (QED) is 0.614. The van der Waals surface area contributed by atoms with E-state index in [9.17, 15) is 26.7 Å². The summed E-state index contributed by atoms with van der Waals surface area (Å²) in [6, 6.07) is 7.90. The minimum atomic E-state index is -4.47. The lowest BCUT2D eigenvalue weighted by Crippen LogP contribution is -2.35. The number of nitrogens with zero attached hydrogens (tertiary/aromatic N) is 3. The van der Waals surface area contributed by atoms with Crippen LogP contribution in [-0.2, 0) is 25.7 Å². The van der Waals surface area contributed by atoms with Crippen molar-refractivity contribution in [3.8, 4) is 17.5 Å². The Morgan fingerprint density at radius 3 is 2.38 bits per heavy atom. The van der Waals surface area contributed by atoms with Crippen molar-refractivity contribution in [2.45, 2.75) is 25.7 Å². The number of alkyl halides is 3. The van der Waals surface area contributed by atoms with Crippen LogP contribution < -0.4 is 5.56 Å². The third-order valence-corrected chi connectivity index (χ3v) is 5.29. The van der Waals surface area contributed by atoms with Crippen LogP contribution >= 0.6 is 0 Å². The summed E-state index contributed by atoms with van der Waals surface area (Å²) in [5.74, 6) is -1.52. The molecule has 0 saturated heterocycles. The number of fused-ring (bicyclic) bond motifs is 1. The van der Waals surface area contributed by atoms with Crippen molar-refractivity contribution in [2.75, 3.05) is 6.54 Å². The first-order valence-corrected chi connectivity index (χ1v) is 9.56. The van der Waals surface area contributed by atoms with Crippen molar-refractivity contribution in [3.63, 3.8) is 0 Å². The molecule has 1 aliphatic heterocycles. The van der Waals surface area contributed by atoms with E-state index in [0.29, 0.717) is 29.8 Å². The SMILES string of the molecule is N#Cc1cc(F)c(CN2CCc3nc(-c4ccc(C(F)(F)F)cc4)[nH]c(=O)c3C2)c(F)c1. The first-order valence-electron chi connectivity index (χ1n) is 9.56. The number of nitrogens with one attached hydrogen (secondary N) is 1. The van der Waals surface area contributed by atoms with Crippen LogP contribution in [0.5, 0.6) is 0 Å². The molecule has 0 radical (unpaired) electrons. The number of H-pyrrole nitrogens is 1. The number of aromatic amines is 1. The third-order valence-electron chi connectivity index (χ3n) is 5.29. The van der Waals surface area contributed by atoms with Gasteiger partial charge in [-0.05, 0) is 24.3 Å². The van der Waals surface area contributed by atoms with Crippen LogP contribution in [0.3, 0.4) is 0 Å². The predicted octanol–water partition coefficient (Wildman–Crippen LogP) is 4.16. The Morgan fingerprint density at radius 2 is 1.78 bits per heavy atom. The Kier molecular flexibility index (Phi) is 5.52. The summed E-state index contributed by atoms with van der Waals surface area (Å²) in [5.41, 5.74) is -0.429. The highest BCUT2D eigenvalue weighted by atomic mass is 19.4. The van der Waals surface area contributed by atoms with E-state index in [4.69, 9.17) is 5.26 Å². The van der Waals surface area contributed by atoms with Crippen LogP contribution in [0.1, 0.15) is 27.9 Å². The van der Waals surface area contributed by atoms with E-state index in [-0.39, 0.29) is 30.0 Å². The fourth-order valence-corrected chi connectivity index (χ4v) is 3.61. The summed E-state index contributed by atoms with van der Waals surface area (Å²) in [7, 11) is 0. The molecule has 10 heteroatoms. The molecule has 0 amide bonds. The summed E-state index contributed by atoms with van der Waals surface area (Å²) in [5, 5.41) is 8.80. The molecule has 32 heavy (non-hydrogen) atoms. The first-order chi connectivity index (χ1) is 15.2. The van der Waals surface area contributed by atoms with Gasteiger partial charge in [-0.15, -0.1) is 0 Å². The molecule has 0 atom stereocenters. The molecule has 1 aromatic heterocycles. The van der Waals surface area contributed by atoms with Crippen molar-refractivity contribution in [2.24, 2.45) is 0 Å². The summed E-state index contributed by atoms with van der Waals surface area (Å²) in [6.07, 6.45) is -4.14. The number of rotatable bonds is 3. The van der Waals surface area contributed by atoms with Gasteiger partial charge in [-0.3, -0.25) is 9.69 Å². The van der Waals surface area contributed by atoms with Crippen molar-refractivity contribution in [1.29, 1.82) is 5.26 Å². The molecule has 2 heterocycles. The standard InChI is InChI=1S/C22H15F5N4O/c23-17-7-12(9-28)8-18(24)15(17)10-31-6-5-19-16(11-31)21(32)30-20(29-19)13-1-3-14(4-2-13)22(25,26)27/h1-4,7-8H,5-6,10-11H2,(H,29,30,32). The van der Waals surface area contributed by atoms with Crippen LogP contribution in [0.4, 0.5) is 22.0 Å². The fraction of sp³-hybridized carbons (Fsp3) is 0.227. The van der Waals surface area contributed by atoms with Gasteiger partial charge in [0.1, 0.15) is 17.5 Å². The maximum atomic E-state index is 14.2. The molecule has 0 unspecified atom stereocenters. The topological polar surface area (TPSA) is 72.8 Å². The highest BCUT2D eigenvalue weighted by molar-refractivity contribution is 5.56. The van der Waals surface area contributed by atoms with Gasteiger partial charge in [0.05, 0.1) is 28.5 Å². The van der Waals surface area contributed by atoms with Crippen LogP contribution in [0.25, 0.3) is 11.4 Å². The molecule has 2 aromatic carbocycles. The molecule has 0 aliphatic carbocycles. The van der Waals surface area contributed by atoms with Crippen LogP contribution in [0.2, 0.25) is 0 Å². The van der Waals surface area contributed by atoms with Crippen LogP contribution in [0.15, 0.2) is 41.2 Å². The lowest BCUT2D eigenvalue weighted by molar-refractivity contribution is -0.137. The largest absolute Gasteiger partial charge is 0.416 e. The van der Waals surface area contributed by atoms with E-state index >= 15 is 0 Å². The molecule has 5 nitrogen and oxygen atoms in total. The van der Waals surface area contributed by atoms with Crippen molar-refractivity contribution in [3.05, 3.63) is 86.3 Å². The van der Waals surface area contributed by atoms with Gasteiger partial charge >= 0.3 is 6.18 Å². The average Bonchev–Trinajstić information content (AvgIpc) is 2.75. The molecular weight excluding hydrogens is 431 g/mol. The number of halogens is 5. The molecule has 3 aromatic rings. The van der Waals surface area contributed by atoms with Gasteiger partial charge in [0.2, 0.25) is 0 Å². The first kappa shape index (κ1) is 21.6. The van der Waals surface area contributed by atoms with E-state index in [1.54, 1.807) is 11.0 Å². The summed E-state index contributed by atoms with van der Waals surface area (Å²) in [6.45, 7) is 0.377. The van der Waals surface area contributed by atoms with E-state index < -0.39 is 28.9 Å². The van der Waals surface area contributed by atoms with Gasteiger partial charge < -0.3 is 4.98 Å². The highest BCUT2D eigenvalue weighted by Gasteiger charge is 2.30. The molecule has 0 spiro atoms. The zero-order valence-electron chi connectivity index (χ0n) is 16.4. The Bertz CT molecular complexity index is 1250. The van der Waals surface area contributed by atoms with E-state index in [2.05, 4.69) is 9.97 Å². The number of hydrogen-bond donors (Lipinski definition) is 1. The Labute approximate surface area is 178 Å². The number of benzene rings is 2. The molecule has 0 saturated carbocycles. The predicted molar refractivity (Wildman–Crippen MR) is 104 cm³/mol. The molecule has 1 N–H and O–H groups in total. The summed E-state index contributed by atoms with van der Waals surface area (Å²) < 4.78 is 66.7. The van der Waals surface area contributed by atoms with E-state index in [1.165, 1.54) is 12.1 Å². The van der Waals surface area contributed by atoms with Gasteiger partial charge in [-0.1, -0.05) is 12.1 Å². The Morgan fingerprint density at radius 1 is 1.12 bits per heavy atom. The van der Waals surface area contributed by atoms with Crippen LogP contribution in [-0.4, -0.2) is 21.4 Å². The molecule has 0 bridgehead atoms. The van der Waals surface area contributed by atoms with Crippen molar-refractivity contribution >= 4 is 0 Å². The minimum absolute atomic E-state index is 0.0943. The molecule has 4 rings (SSSR count). The molecule has 0 fully saturated rings. The Balaban J connectivity index is 1.57. The molecule has 164 valence electrons. The van der Waals surface area contributed by atoms with Crippen molar-refractivity contribution < 1.29 is 22.0 Å². The minimum Gasteiger partial charge on any atom is -0.306 e. The summed E-state index contributed by atoms with van der Waals surface area (Å²) >= 11 is 0. The fourth-order valence-electron chi connectivity index (χ4n) is 3.61. The van der Waals surface area contributed by atoms with Crippen molar-refractivity contribution in [1.82, 2.24) is 14.9 Å². The highest BCUT2D eigenvalue weighted by Crippen LogP contribution is 2.30. The monoisotopic (exact) mass is 446 g/mol. The smallest absolute Gasteiger partial charge is 0.306 e. The average molecular weight is 446 g/mol. The lowest BCUT2D eigenvalue weighted by atomic mass is 10.0. The second-order valence-corrected chi connectivity index (χ2v) is 7.41. The second-order valence-electron chi connectivity index (χ2n) is 7.41. The number of nitriles is 1. The second kappa shape index (κ2) is 8.16. The molecule has 1 aliphatic rings. The zero-order chi connectivity index (χ0) is 23.0. The van der Waals surface area contributed by atoms with Gasteiger partial charge in [0, 0.05) is 37.2 Å². The van der Waals surface area contributed by atoms with E-state index in [0.717, 1.165) is 24.3 Å². The number of aromatic nitrogens is 2. The van der Waals surface area contributed by atoms with Gasteiger partial charge in [-0.2, -0.15) is 18.4 Å². The van der Waals surface area contributed by atoms with E-state index in [1.807, 2.05) is 0 Å². The summed E-state index contributed by atoms with van der Waals surface area (Å²) in [4.78, 5) is 21.3. The van der Waals surface area contributed by atoms with Gasteiger partial charge in [-0.25, -0.2) is 13.8 Å². The lowest BCUT2D eigenvalue weighted by Gasteiger charge is -2.28. The normalized spacial score (nSPS) is 14.1. The van der Waals surface area contributed by atoms with Gasteiger partial charge in [0.25, 0.3) is 5.56 Å². The number of hydrogen-bond acceptors (Lipinski definition) is 4. The molecular formula is C22H15F5N4O. The van der Waals surface area contributed by atoms with Gasteiger partial charge in [0.15, 0.2) is 0 Å². The van der Waals surface area contributed by atoms with Crippen LogP contribution in [0, 0.1) is 23.0 Å². The Hall–Kier alpha value is -3.58. The maximum Gasteiger partial charge on any atom is 0.416 e.